The molecule has 0 amide bonds. The topological polar surface area (TPSA) is 75.9 Å². The Bertz CT molecular complexity index is 1050. The predicted molar refractivity (Wildman–Crippen MR) is 122 cm³/mol. The van der Waals surface area contributed by atoms with Crippen LogP contribution in [0.1, 0.15) is 30.4 Å². The van der Waals surface area contributed by atoms with Gasteiger partial charge in [0.05, 0.1) is 17.6 Å². The average molecular weight is 419 g/mol. The second-order valence-electron chi connectivity index (χ2n) is 8.48. The van der Waals surface area contributed by atoms with Crippen LogP contribution in [0.4, 0.5) is 11.6 Å². The van der Waals surface area contributed by atoms with Gasteiger partial charge in [0.25, 0.3) is 0 Å². The monoisotopic (exact) mass is 418 g/mol. The predicted octanol–water partition coefficient (Wildman–Crippen LogP) is 3.77. The highest BCUT2D eigenvalue weighted by Gasteiger charge is 2.23. The van der Waals surface area contributed by atoms with Crippen LogP contribution in [0.2, 0.25) is 0 Å². The van der Waals surface area contributed by atoms with E-state index in [4.69, 9.17) is 0 Å². The SMILES string of the molecule is Cc1cc(-c2ccnc(Nc3cnn(C)c3)n2)ccc1CCC(=O)C1CCN(C)CC1. The van der Waals surface area contributed by atoms with Crippen LogP contribution in [0, 0.1) is 12.8 Å². The molecule has 162 valence electrons. The van der Waals surface area contributed by atoms with E-state index < -0.39 is 0 Å². The molecular weight excluding hydrogens is 388 g/mol. The molecule has 1 N–H and O–H groups in total. The zero-order valence-electron chi connectivity index (χ0n) is 18.5. The van der Waals surface area contributed by atoms with Gasteiger partial charge in [0.1, 0.15) is 5.78 Å². The molecule has 1 aliphatic heterocycles. The molecule has 0 unspecified atom stereocenters. The standard InChI is InChI=1S/C24H30N6O/c1-17-14-20(22-8-11-25-24(28-22)27-21-15-26-30(3)16-21)5-4-18(17)6-7-23(31)19-9-12-29(2)13-10-19/h4-5,8,11,14-16,19H,6-7,9-10,12-13H2,1-3H3,(H,25,27,28). The number of piperidine rings is 1. The number of nitrogens with one attached hydrogen (secondary N) is 1. The van der Waals surface area contributed by atoms with Crippen molar-refractivity contribution >= 4 is 17.4 Å². The average Bonchev–Trinajstić information content (AvgIpc) is 3.17. The minimum absolute atomic E-state index is 0.238. The van der Waals surface area contributed by atoms with E-state index in [9.17, 15) is 4.79 Å². The Labute approximate surface area is 183 Å². The molecule has 0 spiro atoms. The fourth-order valence-electron chi connectivity index (χ4n) is 4.12. The first kappa shape index (κ1) is 21.2. The molecule has 2 aromatic heterocycles. The van der Waals surface area contributed by atoms with Crippen molar-refractivity contribution in [2.45, 2.75) is 32.6 Å². The highest BCUT2D eigenvalue weighted by molar-refractivity contribution is 5.81. The Kier molecular flexibility index (Phi) is 6.42. The summed E-state index contributed by atoms with van der Waals surface area (Å²) in [6.07, 6.45) is 8.79. The molecule has 1 fully saturated rings. The lowest BCUT2D eigenvalue weighted by atomic mass is 9.89. The molecule has 1 saturated heterocycles. The zero-order chi connectivity index (χ0) is 21.8. The third-order valence-corrected chi connectivity index (χ3v) is 6.07. The molecular formula is C24H30N6O. The summed E-state index contributed by atoms with van der Waals surface area (Å²) in [6.45, 7) is 4.16. The van der Waals surface area contributed by atoms with Crippen molar-refractivity contribution in [3.05, 3.63) is 54.0 Å². The van der Waals surface area contributed by atoms with Crippen LogP contribution in [0.15, 0.2) is 42.9 Å². The number of carbonyl (C=O) groups is 1. The van der Waals surface area contributed by atoms with E-state index in [1.165, 1.54) is 11.1 Å². The van der Waals surface area contributed by atoms with Gasteiger partial charge in [-0.25, -0.2) is 9.97 Å². The van der Waals surface area contributed by atoms with Crippen LogP contribution in [-0.4, -0.2) is 50.6 Å². The minimum atomic E-state index is 0.238. The lowest BCUT2D eigenvalue weighted by Crippen LogP contribution is -2.33. The second-order valence-corrected chi connectivity index (χ2v) is 8.48. The van der Waals surface area contributed by atoms with Crippen LogP contribution >= 0.6 is 0 Å². The lowest BCUT2D eigenvalue weighted by molar-refractivity contribution is -0.124. The Hall–Kier alpha value is -3.06. The van der Waals surface area contributed by atoms with Gasteiger partial charge in [-0.15, -0.1) is 0 Å². The van der Waals surface area contributed by atoms with Crippen LogP contribution in [0.5, 0.6) is 0 Å². The number of likely N-dealkylation sites (tertiary alicyclic amines) is 1. The van der Waals surface area contributed by atoms with Crippen molar-refractivity contribution in [2.75, 3.05) is 25.5 Å². The molecule has 31 heavy (non-hydrogen) atoms. The number of rotatable bonds is 7. The van der Waals surface area contributed by atoms with E-state index in [-0.39, 0.29) is 5.92 Å². The molecule has 7 nitrogen and oxygen atoms in total. The van der Waals surface area contributed by atoms with E-state index in [1.54, 1.807) is 17.1 Å². The van der Waals surface area contributed by atoms with Crippen molar-refractivity contribution in [1.29, 1.82) is 0 Å². The molecule has 0 saturated carbocycles. The molecule has 0 atom stereocenters. The summed E-state index contributed by atoms with van der Waals surface area (Å²) in [5.41, 5.74) is 5.17. The fraction of sp³-hybridized carbons (Fsp3) is 0.417. The van der Waals surface area contributed by atoms with Gasteiger partial charge in [0, 0.05) is 37.3 Å². The third-order valence-electron chi connectivity index (χ3n) is 6.07. The first-order valence-corrected chi connectivity index (χ1v) is 10.9. The minimum Gasteiger partial charge on any atom is -0.321 e. The van der Waals surface area contributed by atoms with Crippen LogP contribution in [0.3, 0.4) is 0 Å². The summed E-state index contributed by atoms with van der Waals surface area (Å²) < 4.78 is 1.73. The first-order valence-electron chi connectivity index (χ1n) is 10.9. The molecule has 3 aromatic rings. The van der Waals surface area contributed by atoms with Gasteiger partial charge in [0.15, 0.2) is 0 Å². The largest absolute Gasteiger partial charge is 0.321 e. The Morgan fingerprint density at radius 1 is 1.19 bits per heavy atom. The van der Waals surface area contributed by atoms with E-state index in [1.807, 2.05) is 19.3 Å². The maximum Gasteiger partial charge on any atom is 0.227 e. The number of ketones is 1. The van der Waals surface area contributed by atoms with Crippen molar-refractivity contribution in [2.24, 2.45) is 13.0 Å². The molecule has 3 heterocycles. The summed E-state index contributed by atoms with van der Waals surface area (Å²) in [5.74, 6) is 1.19. The van der Waals surface area contributed by atoms with Gasteiger partial charge >= 0.3 is 0 Å². The lowest BCUT2D eigenvalue weighted by Gasteiger charge is -2.28. The molecule has 1 aliphatic rings. The smallest absolute Gasteiger partial charge is 0.227 e. The van der Waals surface area contributed by atoms with Gasteiger partial charge in [-0.05, 0) is 69.6 Å². The first-order chi connectivity index (χ1) is 15.0. The summed E-state index contributed by atoms with van der Waals surface area (Å²) in [7, 11) is 4.00. The highest BCUT2D eigenvalue weighted by Crippen LogP contribution is 2.24. The number of aryl methyl sites for hydroxylation is 3. The van der Waals surface area contributed by atoms with Gasteiger partial charge in [0.2, 0.25) is 5.95 Å². The van der Waals surface area contributed by atoms with Crippen molar-refractivity contribution in [3.63, 3.8) is 0 Å². The normalized spacial score (nSPS) is 15.2. The maximum absolute atomic E-state index is 12.6. The number of carbonyl (C=O) groups excluding carboxylic acids is 1. The molecule has 0 aliphatic carbocycles. The Morgan fingerprint density at radius 3 is 2.71 bits per heavy atom. The number of benzene rings is 1. The van der Waals surface area contributed by atoms with Crippen LogP contribution in [-0.2, 0) is 18.3 Å². The zero-order valence-corrected chi connectivity index (χ0v) is 18.5. The van der Waals surface area contributed by atoms with Gasteiger partial charge in [-0.2, -0.15) is 5.10 Å². The van der Waals surface area contributed by atoms with E-state index >= 15 is 0 Å². The molecule has 4 rings (SSSR count). The number of Topliss-reactive ketones (excluding diaryl/α,β-unsaturated/α-hetero) is 1. The van der Waals surface area contributed by atoms with E-state index in [0.717, 1.165) is 49.3 Å². The fourth-order valence-corrected chi connectivity index (χ4v) is 4.12. The van der Waals surface area contributed by atoms with Gasteiger partial charge < -0.3 is 10.2 Å². The second kappa shape index (κ2) is 9.39. The summed E-state index contributed by atoms with van der Waals surface area (Å²) in [5, 5.41) is 7.33. The van der Waals surface area contributed by atoms with Crippen molar-refractivity contribution < 1.29 is 4.79 Å². The van der Waals surface area contributed by atoms with Crippen LogP contribution < -0.4 is 5.32 Å². The molecule has 1 aromatic carbocycles. The Balaban J connectivity index is 1.40. The van der Waals surface area contributed by atoms with Crippen molar-refractivity contribution in [1.82, 2.24) is 24.6 Å². The summed E-state index contributed by atoms with van der Waals surface area (Å²) in [6, 6.07) is 8.26. The molecule has 0 bridgehead atoms. The van der Waals surface area contributed by atoms with E-state index in [2.05, 4.69) is 57.5 Å². The summed E-state index contributed by atoms with van der Waals surface area (Å²) in [4.78, 5) is 23.9. The maximum atomic E-state index is 12.6. The number of hydrogen-bond donors (Lipinski definition) is 1. The van der Waals surface area contributed by atoms with Gasteiger partial charge in [-0.3, -0.25) is 9.48 Å². The van der Waals surface area contributed by atoms with Crippen molar-refractivity contribution in [3.8, 4) is 11.3 Å². The quantitative estimate of drug-likeness (QED) is 0.629. The molecule has 0 radical (unpaired) electrons. The number of anilines is 2. The number of hydrogen-bond acceptors (Lipinski definition) is 6. The Morgan fingerprint density at radius 2 is 2.00 bits per heavy atom. The molecule has 7 heteroatoms. The number of nitrogens with zero attached hydrogens (tertiary/aromatic N) is 5. The van der Waals surface area contributed by atoms with Gasteiger partial charge in [-0.1, -0.05) is 12.1 Å². The van der Waals surface area contributed by atoms with E-state index in [0.29, 0.717) is 18.2 Å². The third kappa shape index (κ3) is 5.35. The number of aromatic nitrogens is 4. The highest BCUT2D eigenvalue weighted by atomic mass is 16.1. The van der Waals surface area contributed by atoms with Crippen LogP contribution in [0.25, 0.3) is 11.3 Å². The summed E-state index contributed by atoms with van der Waals surface area (Å²) >= 11 is 0.